The summed E-state index contributed by atoms with van der Waals surface area (Å²) in [5.41, 5.74) is 2.39. The van der Waals surface area contributed by atoms with Gasteiger partial charge in [0, 0.05) is 27.0 Å². The summed E-state index contributed by atoms with van der Waals surface area (Å²) >= 11 is 11.4. The van der Waals surface area contributed by atoms with Crippen LogP contribution in [-0.2, 0) is 12.4 Å². The summed E-state index contributed by atoms with van der Waals surface area (Å²) in [5, 5.41) is 2.12. The average molecular weight is 359 g/mol. The highest BCUT2D eigenvalue weighted by atomic mass is 79.9. The first kappa shape index (κ1) is 14.9. The normalized spacial score (nSPS) is 11.0. The summed E-state index contributed by atoms with van der Waals surface area (Å²) in [6, 6.07) is 11.0. The smallest absolute Gasteiger partial charge is 0.0525 e. The first-order valence-corrected chi connectivity index (χ1v) is 8.46. The Morgan fingerprint density at radius 2 is 2.11 bits per heavy atom. The van der Waals surface area contributed by atoms with Crippen LogP contribution in [0.2, 0.25) is 0 Å². The zero-order chi connectivity index (χ0) is 13.8. The minimum Gasteiger partial charge on any atom is -0.364 e. The van der Waals surface area contributed by atoms with Crippen molar-refractivity contribution in [3.8, 4) is 0 Å². The van der Waals surface area contributed by atoms with Crippen molar-refractivity contribution in [3.05, 3.63) is 50.6 Å². The molecule has 0 amide bonds. The molecule has 102 valence electrons. The Morgan fingerprint density at radius 1 is 1.32 bits per heavy atom. The van der Waals surface area contributed by atoms with E-state index in [0.29, 0.717) is 11.9 Å². The van der Waals surface area contributed by atoms with Crippen LogP contribution in [0, 0.1) is 0 Å². The third-order valence-electron chi connectivity index (χ3n) is 3.02. The number of hydrogen-bond acceptors (Lipinski definition) is 2. The number of thiophene rings is 1. The summed E-state index contributed by atoms with van der Waals surface area (Å²) in [5.74, 6) is 0.530. The maximum atomic E-state index is 6.09. The molecule has 0 radical (unpaired) electrons. The number of anilines is 1. The Labute approximate surface area is 132 Å². The van der Waals surface area contributed by atoms with Gasteiger partial charge in [0.15, 0.2) is 0 Å². The highest BCUT2D eigenvalue weighted by Gasteiger charge is 2.15. The second kappa shape index (κ2) is 6.78. The number of hydrogen-bond donors (Lipinski definition) is 0. The molecule has 2 rings (SSSR count). The van der Waals surface area contributed by atoms with E-state index in [2.05, 4.69) is 70.4 Å². The summed E-state index contributed by atoms with van der Waals surface area (Å²) in [6.45, 7) is 5.36. The molecule has 4 heteroatoms. The second-order valence-corrected chi connectivity index (χ2v) is 6.92. The third kappa shape index (κ3) is 3.74. The van der Waals surface area contributed by atoms with Crippen molar-refractivity contribution in [2.45, 2.75) is 32.3 Å². The molecule has 0 spiro atoms. The van der Waals surface area contributed by atoms with Gasteiger partial charge in [0.05, 0.1) is 6.54 Å². The maximum absolute atomic E-state index is 6.09. The summed E-state index contributed by atoms with van der Waals surface area (Å²) in [6.07, 6.45) is 0. The van der Waals surface area contributed by atoms with E-state index in [1.165, 1.54) is 16.1 Å². The molecule has 0 aliphatic carbocycles. The van der Waals surface area contributed by atoms with E-state index >= 15 is 0 Å². The van der Waals surface area contributed by atoms with Crippen LogP contribution in [0.25, 0.3) is 0 Å². The molecule has 2 aromatic rings. The minimum absolute atomic E-state index is 0.435. The van der Waals surface area contributed by atoms with Gasteiger partial charge in [-0.15, -0.1) is 22.9 Å². The molecule has 19 heavy (non-hydrogen) atoms. The fourth-order valence-corrected chi connectivity index (χ4v) is 3.38. The van der Waals surface area contributed by atoms with Gasteiger partial charge in [-0.1, -0.05) is 22.0 Å². The van der Waals surface area contributed by atoms with Gasteiger partial charge < -0.3 is 4.90 Å². The molecule has 1 aromatic carbocycles. The van der Waals surface area contributed by atoms with Crippen molar-refractivity contribution in [3.63, 3.8) is 0 Å². The second-order valence-electron chi connectivity index (χ2n) is 4.71. The zero-order valence-corrected chi connectivity index (χ0v) is 14.2. The van der Waals surface area contributed by atoms with Crippen LogP contribution in [0.4, 0.5) is 5.69 Å². The molecule has 1 aromatic heterocycles. The fraction of sp³-hybridized carbons (Fsp3) is 0.333. The van der Waals surface area contributed by atoms with Crippen molar-refractivity contribution in [1.29, 1.82) is 0 Å². The fourth-order valence-electron chi connectivity index (χ4n) is 2.06. The monoisotopic (exact) mass is 357 g/mol. The SMILES string of the molecule is CC(C)N(Cc1cccs1)c1ccc(Br)cc1CCl. The lowest BCUT2D eigenvalue weighted by molar-refractivity contribution is 0.685. The molecule has 0 unspecified atom stereocenters. The van der Waals surface area contributed by atoms with E-state index < -0.39 is 0 Å². The molecule has 0 saturated carbocycles. The lowest BCUT2D eigenvalue weighted by Crippen LogP contribution is -2.30. The standard InChI is InChI=1S/C15H17BrClNS/c1-11(2)18(10-14-4-3-7-19-14)15-6-5-13(16)8-12(15)9-17/h3-8,11H,9-10H2,1-2H3. The molecule has 1 heterocycles. The lowest BCUT2D eigenvalue weighted by atomic mass is 10.1. The molecule has 0 atom stereocenters. The molecular weight excluding hydrogens is 342 g/mol. The molecule has 0 saturated heterocycles. The molecule has 1 nitrogen and oxygen atoms in total. The van der Waals surface area contributed by atoms with Gasteiger partial charge in [-0.25, -0.2) is 0 Å². The van der Waals surface area contributed by atoms with Gasteiger partial charge in [0.2, 0.25) is 0 Å². The van der Waals surface area contributed by atoms with Crippen molar-refractivity contribution in [2.75, 3.05) is 4.90 Å². The van der Waals surface area contributed by atoms with Crippen LogP contribution in [0.5, 0.6) is 0 Å². The Hall–Kier alpha value is -0.510. The predicted octanol–water partition coefficient (Wildman–Crippen LogP) is 5.66. The predicted molar refractivity (Wildman–Crippen MR) is 89.3 cm³/mol. The van der Waals surface area contributed by atoms with E-state index in [9.17, 15) is 0 Å². The Balaban J connectivity index is 2.33. The van der Waals surface area contributed by atoms with Crippen molar-refractivity contribution >= 4 is 44.6 Å². The minimum atomic E-state index is 0.435. The molecule has 0 aliphatic rings. The van der Waals surface area contributed by atoms with E-state index in [1.807, 2.05) is 0 Å². The Morgan fingerprint density at radius 3 is 2.68 bits per heavy atom. The quantitative estimate of drug-likeness (QED) is 0.623. The summed E-state index contributed by atoms with van der Waals surface area (Å²) in [7, 11) is 0. The van der Waals surface area contributed by atoms with Crippen LogP contribution in [-0.4, -0.2) is 6.04 Å². The Bertz CT molecular complexity index is 525. The molecule has 0 N–H and O–H groups in total. The van der Waals surface area contributed by atoms with Gasteiger partial charge in [-0.05, 0) is 49.1 Å². The van der Waals surface area contributed by atoms with Gasteiger partial charge >= 0.3 is 0 Å². The number of alkyl halides is 1. The first-order chi connectivity index (χ1) is 9.11. The molecule has 0 aliphatic heterocycles. The van der Waals surface area contributed by atoms with Crippen LogP contribution in [0.1, 0.15) is 24.3 Å². The molecular formula is C15H17BrClNS. The van der Waals surface area contributed by atoms with Crippen LogP contribution in [0.3, 0.4) is 0 Å². The van der Waals surface area contributed by atoms with E-state index in [1.54, 1.807) is 11.3 Å². The summed E-state index contributed by atoms with van der Waals surface area (Å²) in [4.78, 5) is 3.77. The topological polar surface area (TPSA) is 3.24 Å². The summed E-state index contributed by atoms with van der Waals surface area (Å²) < 4.78 is 1.08. The largest absolute Gasteiger partial charge is 0.364 e. The lowest BCUT2D eigenvalue weighted by Gasteiger charge is -2.30. The number of nitrogens with zero attached hydrogens (tertiary/aromatic N) is 1. The van der Waals surface area contributed by atoms with Crippen molar-refractivity contribution in [1.82, 2.24) is 0 Å². The van der Waals surface area contributed by atoms with Gasteiger partial charge in [0.1, 0.15) is 0 Å². The third-order valence-corrected chi connectivity index (χ3v) is 4.67. The van der Waals surface area contributed by atoms with E-state index in [0.717, 1.165) is 11.0 Å². The van der Waals surface area contributed by atoms with Gasteiger partial charge in [-0.2, -0.15) is 0 Å². The average Bonchev–Trinajstić information content (AvgIpc) is 2.89. The number of rotatable bonds is 5. The zero-order valence-electron chi connectivity index (χ0n) is 11.1. The molecule has 0 fully saturated rings. The highest BCUT2D eigenvalue weighted by Crippen LogP contribution is 2.29. The number of benzene rings is 1. The highest BCUT2D eigenvalue weighted by molar-refractivity contribution is 9.10. The van der Waals surface area contributed by atoms with Crippen LogP contribution >= 0.6 is 38.9 Å². The van der Waals surface area contributed by atoms with Crippen LogP contribution < -0.4 is 4.90 Å². The van der Waals surface area contributed by atoms with Gasteiger partial charge in [-0.3, -0.25) is 0 Å². The van der Waals surface area contributed by atoms with Crippen molar-refractivity contribution in [2.24, 2.45) is 0 Å². The first-order valence-electron chi connectivity index (χ1n) is 6.25. The van der Waals surface area contributed by atoms with Gasteiger partial charge in [0.25, 0.3) is 0 Å². The maximum Gasteiger partial charge on any atom is 0.0525 e. The number of halogens is 2. The van der Waals surface area contributed by atoms with E-state index in [-0.39, 0.29) is 0 Å². The van der Waals surface area contributed by atoms with Crippen molar-refractivity contribution < 1.29 is 0 Å². The Kier molecular flexibility index (Phi) is 5.31. The molecule has 0 bridgehead atoms. The van der Waals surface area contributed by atoms with E-state index in [4.69, 9.17) is 11.6 Å². The van der Waals surface area contributed by atoms with Crippen LogP contribution in [0.15, 0.2) is 40.2 Å².